The summed E-state index contributed by atoms with van der Waals surface area (Å²) >= 11 is 0. The maximum atomic E-state index is 12.3. The summed E-state index contributed by atoms with van der Waals surface area (Å²) in [6, 6.07) is 9.77. The molecule has 1 fully saturated rings. The van der Waals surface area contributed by atoms with E-state index in [0.717, 1.165) is 11.4 Å². The van der Waals surface area contributed by atoms with Gasteiger partial charge in [-0.1, -0.05) is 22.9 Å². The number of hydrogen-bond acceptors (Lipinski definition) is 5. The Hall–Kier alpha value is -2.96. The molecular formula is C17H17N5O2. The van der Waals surface area contributed by atoms with Gasteiger partial charge in [-0.3, -0.25) is 9.89 Å². The number of aryl methyl sites for hydroxylation is 2. The summed E-state index contributed by atoms with van der Waals surface area (Å²) in [5.74, 6) is 0.923. The molecule has 1 saturated heterocycles. The number of benzene rings is 1. The number of anilines is 1. The number of H-pyrrole nitrogens is 1. The molecule has 3 heterocycles. The van der Waals surface area contributed by atoms with E-state index in [4.69, 9.17) is 4.52 Å². The van der Waals surface area contributed by atoms with Crippen LogP contribution in [0.2, 0.25) is 0 Å². The highest BCUT2D eigenvalue weighted by molar-refractivity contribution is 5.96. The summed E-state index contributed by atoms with van der Waals surface area (Å²) < 4.78 is 5.29. The van der Waals surface area contributed by atoms with E-state index in [0.29, 0.717) is 30.4 Å². The first kappa shape index (κ1) is 14.6. The van der Waals surface area contributed by atoms with Crippen molar-refractivity contribution in [1.82, 2.24) is 20.3 Å². The highest BCUT2D eigenvalue weighted by Gasteiger charge is 2.34. The van der Waals surface area contributed by atoms with Gasteiger partial charge in [-0.15, -0.1) is 0 Å². The van der Waals surface area contributed by atoms with Crippen molar-refractivity contribution in [3.8, 4) is 11.6 Å². The molecule has 1 N–H and O–H groups in total. The van der Waals surface area contributed by atoms with Crippen molar-refractivity contribution in [2.24, 2.45) is 0 Å². The first-order valence-corrected chi connectivity index (χ1v) is 7.83. The van der Waals surface area contributed by atoms with E-state index in [1.807, 2.05) is 44.2 Å². The molecule has 0 spiro atoms. The molecule has 24 heavy (non-hydrogen) atoms. The molecule has 0 saturated carbocycles. The summed E-state index contributed by atoms with van der Waals surface area (Å²) in [5.41, 5.74) is 3.61. The molecule has 4 rings (SSSR count). The summed E-state index contributed by atoms with van der Waals surface area (Å²) in [6.07, 6.45) is 0.381. The van der Waals surface area contributed by atoms with Crippen LogP contribution in [0, 0.1) is 13.8 Å². The number of aromatic nitrogens is 4. The molecule has 1 atom stereocenters. The minimum atomic E-state index is -0.0728. The Morgan fingerprint density at radius 3 is 2.75 bits per heavy atom. The van der Waals surface area contributed by atoms with Crippen molar-refractivity contribution >= 4 is 11.6 Å². The number of aromatic amines is 1. The average molecular weight is 323 g/mol. The third-order valence-corrected chi connectivity index (χ3v) is 4.20. The molecule has 122 valence electrons. The van der Waals surface area contributed by atoms with Gasteiger partial charge in [-0.25, -0.2) is 0 Å². The van der Waals surface area contributed by atoms with Crippen LogP contribution in [0.5, 0.6) is 0 Å². The van der Waals surface area contributed by atoms with Gasteiger partial charge in [0.05, 0.1) is 0 Å². The predicted octanol–water partition coefficient (Wildman–Crippen LogP) is 2.60. The van der Waals surface area contributed by atoms with E-state index < -0.39 is 0 Å². The van der Waals surface area contributed by atoms with E-state index in [2.05, 4.69) is 20.3 Å². The first-order chi connectivity index (χ1) is 11.6. The summed E-state index contributed by atoms with van der Waals surface area (Å²) in [4.78, 5) is 18.5. The zero-order chi connectivity index (χ0) is 16.7. The summed E-state index contributed by atoms with van der Waals surface area (Å²) in [7, 11) is 0. The lowest BCUT2D eigenvalue weighted by atomic mass is 10.1. The smallest absolute Gasteiger partial charge is 0.278 e. The standard InChI is InChI=1S/C17H17N5O2/c1-10-3-5-13(6-4-10)22-9-12(8-15(22)23)16-18-17(24-21-16)14-7-11(2)19-20-14/h3-7,12H,8-9H2,1-2H3,(H,19,20)/t12-/m0/s1. The molecule has 2 aromatic heterocycles. The van der Waals surface area contributed by atoms with Gasteiger partial charge in [0.25, 0.3) is 5.89 Å². The minimum Gasteiger partial charge on any atom is -0.332 e. The van der Waals surface area contributed by atoms with Crippen LogP contribution >= 0.6 is 0 Å². The lowest BCUT2D eigenvalue weighted by Crippen LogP contribution is -2.24. The second kappa shape index (κ2) is 5.59. The first-order valence-electron chi connectivity index (χ1n) is 7.83. The van der Waals surface area contributed by atoms with Gasteiger partial charge < -0.3 is 9.42 Å². The Morgan fingerprint density at radius 1 is 1.25 bits per heavy atom. The van der Waals surface area contributed by atoms with E-state index in [-0.39, 0.29) is 11.8 Å². The van der Waals surface area contributed by atoms with Crippen LogP contribution in [-0.4, -0.2) is 32.8 Å². The monoisotopic (exact) mass is 323 g/mol. The molecule has 0 bridgehead atoms. The van der Waals surface area contributed by atoms with Crippen LogP contribution in [-0.2, 0) is 4.79 Å². The molecule has 1 aliphatic rings. The van der Waals surface area contributed by atoms with Crippen LogP contribution in [0.25, 0.3) is 11.6 Å². The fraction of sp³-hybridized carbons (Fsp3) is 0.294. The fourth-order valence-corrected chi connectivity index (χ4v) is 2.89. The zero-order valence-electron chi connectivity index (χ0n) is 13.5. The van der Waals surface area contributed by atoms with E-state index in [9.17, 15) is 4.79 Å². The van der Waals surface area contributed by atoms with Crippen LogP contribution in [0.1, 0.15) is 29.4 Å². The molecule has 1 aliphatic heterocycles. The van der Waals surface area contributed by atoms with Crippen LogP contribution in [0.3, 0.4) is 0 Å². The number of nitrogens with one attached hydrogen (secondary N) is 1. The van der Waals surface area contributed by atoms with E-state index in [1.165, 1.54) is 5.56 Å². The lowest BCUT2D eigenvalue weighted by molar-refractivity contribution is -0.117. The van der Waals surface area contributed by atoms with E-state index in [1.54, 1.807) is 4.90 Å². The molecular weight excluding hydrogens is 306 g/mol. The largest absolute Gasteiger partial charge is 0.332 e. The summed E-state index contributed by atoms with van der Waals surface area (Å²) in [5, 5.41) is 11.0. The molecule has 3 aromatic rings. The van der Waals surface area contributed by atoms with Crippen molar-refractivity contribution < 1.29 is 9.32 Å². The molecule has 0 radical (unpaired) electrons. The molecule has 1 amide bonds. The van der Waals surface area contributed by atoms with Crippen LogP contribution in [0.4, 0.5) is 5.69 Å². The molecule has 1 aromatic carbocycles. The second-order valence-electron chi connectivity index (χ2n) is 6.13. The Morgan fingerprint density at radius 2 is 2.04 bits per heavy atom. The van der Waals surface area contributed by atoms with Crippen molar-refractivity contribution in [1.29, 1.82) is 0 Å². The van der Waals surface area contributed by atoms with Crippen molar-refractivity contribution in [2.75, 3.05) is 11.4 Å². The maximum Gasteiger partial charge on any atom is 0.278 e. The number of carbonyl (C=O) groups is 1. The van der Waals surface area contributed by atoms with Gasteiger partial charge in [0.15, 0.2) is 11.5 Å². The van der Waals surface area contributed by atoms with Gasteiger partial charge >= 0.3 is 0 Å². The minimum absolute atomic E-state index is 0.0728. The Balaban J connectivity index is 1.55. The van der Waals surface area contributed by atoms with Crippen LogP contribution < -0.4 is 4.90 Å². The number of amides is 1. The fourth-order valence-electron chi connectivity index (χ4n) is 2.89. The van der Waals surface area contributed by atoms with Crippen molar-refractivity contribution in [3.63, 3.8) is 0 Å². The van der Waals surface area contributed by atoms with Gasteiger partial charge in [-0.2, -0.15) is 10.1 Å². The Labute approximate surface area is 138 Å². The van der Waals surface area contributed by atoms with Gasteiger partial charge in [0.2, 0.25) is 5.91 Å². The number of nitrogens with zero attached hydrogens (tertiary/aromatic N) is 4. The third kappa shape index (κ3) is 2.58. The highest BCUT2D eigenvalue weighted by Crippen LogP contribution is 2.31. The quantitative estimate of drug-likeness (QED) is 0.800. The predicted molar refractivity (Wildman–Crippen MR) is 87.5 cm³/mol. The number of rotatable bonds is 3. The van der Waals surface area contributed by atoms with E-state index >= 15 is 0 Å². The number of carbonyl (C=O) groups excluding carboxylic acids is 1. The van der Waals surface area contributed by atoms with Gasteiger partial charge in [-0.05, 0) is 32.0 Å². The SMILES string of the molecule is Cc1ccc(N2C[C@@H](c3noc(-c4cc(C)[nH]n4)n3)CC2=O)cc1. The molecule has 7 heteroatoms. The van der Waals surface area contributed by atoms with Crippen LogP contribution in [0.15, 0.2) is 34.9 Å². The Kier molecular flexibility index (Phi) is 3.41. The molecule has 7 nitrogen and oxygen atoms in total. The van der Waals surface area contributed by atoms with Gasteiger partial charge in [0.1, 0.15) is 0 Å². The second-order valence-corrected chi connectivity index (χ2v) is 6.13. The van der Waals surface area contributed by atoms with Crippen molar-refractivity contribution in [3.05, 3.63) is 47.4 Å². The average Bonchev–Trinajstić information content (AvgIpc) is 3.27. The van der Waals surface area contributed by atoms with Gasteiger partial charge in [0, 0.05) is 30.3 Å². The molecule has 0 aliphatic carbocycles. The zero-order valence-corrected chi connectivity index (χ0v) is 13.5. The summed E-state index contributed by atoms with van der Waals surface area (Å²) in [6.45, 7) is 4.49. The topological polar surface area (TPSA) is 87.9 Å². The number of hydrogen-bond donors (Lipinski definition) is 1. The maximum absolute atomic E-state index is 12.3. The molecule has 0 unspecified atom stereocenters. The third-order valence-electron chi connectivity index (χ3n) is 4.20. The van der Waals surface area contributed by atoms with Crippen molar-refractivity contribution in [2.45, 2.75) is 26.2 Å². The highest BCUT2D eigenvalue weighted by atomic mass is 16.5. The normalized spacial score (nSPS) is 17.7. The lowest BCUT2D eigenvalue weighted by Gasteiger charge is -2.16. The Bertz CT molecular complexity index is 881.